The Morgan fingerprint density at radius 2 is 2.22 bits per heavy atom. The normalized spacial score (nSPS) is 25.9. The SMILES string of the molecule is O=C1Cc2ccc(C3CC(C(=O)O)CN3)cc2N1. The highest BCUT2D eigenvalue weighted by atomic mass is 16.4. The lowest BCUT2D eigenvalue weighted by atomic mass is 9.98. The molecule has 0 radical (unpaired) electrons. The lowest BCUT2D eigenvalue weighted by Crippen LogP contribution is -2.17. The second-order valence-electron chi connectivity index (χ2n) is 4.87. The first-order chi connectivity index (χ1) is 8.63. The monoisotopic (exact) mass is 246 g/mol. The summed E-state index contributed by atoms with van der Waals surface area (Å²) in [4.78, 5) is 22.2. The van der Waals surface area contributed by atoms with Gasteiger partial charge in [-0.1, -0.05) is 12.1 Å². The van der Waals surface area contributed by atoms with E-state index in [-0.39, 0.29) is 17.9 Å². The zero-order valence-electron chi connectivity index (χ0n) is 9.77. The van der Waals surface area contributed by atoms with Gasteiger partial charge in [-0.2, -0.15) is 0 Å². The molecule has 2 atom stereocenters. The van der Waals surface area contributed by atoms with Gasteiger partial charge < -0.3 is 15.7 Å². The van der Waals surface area contributed by atoms with Crippen molar-refractivity contribution in [2.75, 3.05) is 11.9 Å². The number of carboxylic acids is 1. The number of aliphatic carboxylic acids is 1. The van der Waals surface area contributed by atoms with Gasteiger partial charge in [0, 0.05) is 18.3 Å². The molecule has 2 unspecified atom stereocenters. The minimum atomic E-state index is -0.750. The molecule has 1 fully saturated rings. The Morgan fingerprint density at radius 3 is 2.94 bits per heavy atom. The summed E-state index contributed by atoms with van der Waals surface area (Å²) < 4.78 is 0. The molecule has 0 bridgehead atoms. The van der Waals surface area contributed by atoms with Gasteiger partial charge in [0.2, 0.25) is 5.91 Å². The second kappa shape index (κ2) is 4.10. The summed E-state index contributed by atoms with van der Waals surface area (Å²) in [5.74, 6) is -1.05. The van der Waals surface area contributed by atoms with Crippen molar-refractivity contribution < 1.29 is 14.7 Å². The number of benzene rings is 1. The van der Waals surface area contributed by atoms with Crippen molar-refractivity contribution in [3.63, 3.8) is 0 Å². The Balaban J connectivity index is 1.80. The van der Waals surface area contributed by atoms with Crippen molar-refractivity contribution in [2.24, 2.45) is 5.92 Å². The average molecular weight is 246 g/mol. The third-order valence-corrected chi connectivity index (χ3v) is 3.64. The Labute approximate surface area is 104 Å². The molecule has 1 saturated heterocycles. The van der Waals surface area contributed by atoms with E-state index in [1.165, 1.54) is 0 Å². The smallest absolute Gasteiger partial charge is 0.307 e. The van der Waals surface area contributed by atoms with Crippen molar-refractivity contribution in [1.29, 1.82) is 0 Å². The summed E-state index contributed by atoms with van der Waals surface area (Å²) in [6.45, 7) is 0.503. The van der Waals surface area contributed by atoms with E-state index in [1.807, 2.05) is 18.2 Å². The van der Waals surface area contributed by atoms with Crippen LogP contribution in [0, 0.1) is 5.92 Å². The molecule has 0 aromatic heterocycles. The average Bonchev–Trinajstić information content (AvgIpc) is 2.91. The number of carbonyl (C=O) groups is 2. The van der Waals surface area contributed by atoms with E-state index in [1.54, 1.807) is 0 Å². The summed E-state index contributed by atoms with van der Waals surface area (Å²) in [7, 11) is 0. The van der Waals surface area contributed by atoms with Gasteiger partial charge >= 0.3 is 5.97 Å². The third-order valence-electron chi connectivity index (χ3n) is 3.64. The summed E-state index contributed by atoms with van der Waals surface area (Å²) in [6, 6.07) is 5.93. The molecule has 2 aliphatic heterocycles. The Morgan fingerprint density at radius 1 is 1.39 bits per heavy atom. The Bertz CT molecular complexity index is 527. The van der Waals surface area contributed by atoms with Crippen LogP contribution in [0.15, 0.2) is 18.2 Å². The molecule has 0 aliphatic carbocycles. The standard InChI is InChI=1S/C13H14N2O3/c16-12-5-8-2-1-7(3-11(8)15-12)10-4-9(6-14-10)13(17)18/h1-3,9-10,14H,4-6H2,(H,15,16)(H,17,18). The molecule has 2 heterocycles. The molecule has 1 aromatic carbocycles. The zero-order chi connectivity index (χ0) is 12.7. The molecule has 0 spiro atoms. The summed E-state index contributed by atoms with van der Waals surface area (Å²) in [6.07, 6.45) is 1.04. The first-order valence-electron chi connectivity index (χ1n) is 6.02. The molecule has 2 aliphatic rings. The Kier molecular flexibility index (Phi) is 2.56. The van der Waals surface area contributed by atoms with Crippen LogP contribution in [0.3, 0.4) is 0 Å². The maximum Gasteiger partial charge on any atom is 0.307 e. The van der Waals surface area contributed by atoms with Gasteiger partial charge in [-0.25, -0.2) is 0 Å². The van der Waals surface area contributed by atoms with Gasteiger partial charge in [-0.3, -0.25) is 9.59 Å². The van der Waals surface area contributed by atoms with E-state index >= 15 is 0 Å². The highest BCUT2D eigenvalue weighted by molar-refractivity contribution is 5.99. The van der Waals surface area contributed by atoms with E-state index in [0.29, 0.717) is 19.4 Å². The number of hydrogen-bond acceptors (Lipinski definition) is 3. The molecule has 5 heteroatoms. The highest BCUT2D eigenvalue weighted by Crippen LogP contribution is 2.32. The molecule has 94 valence electrons. The number of carboxylic acid groups (broad SMARTS) is 1. The minimum absolute atomic E-state index is 0.0185. The lowest BCUT2D eigenvalue weighted by Gasteiger charge is -2.12. The largest absolute Gasteiger partial charge is 0.481 e. The molecule has 0 saturated carbocycles. The topological polar surface area (TPSA) is 78.4 Å². The number of fused-ring (bicyclic) bond motifs is 1. The second-order valence-corrected chi connectivity index (χ2v) is 4.87. The molecule has 3 N–H and O–H groups in total. The number of rotatable bonds is 2. The van der Waals surface area contributed by atoms with Crippen molar-refractivity contribution in [1.82, 2.24) is 5.32 Å². The molecular weight excluding hydrogens is 232 g/mol. The van der Waals surface area contributed by atoms with Crippen LogP contribution in [0.2, 0.25) is 0 Å². The fraction of sp³-hybridized carbons (Fsp3) is 0.385. The van der Waals surface area contributed by atoms with E-state index in [4.69, 9.17) is 5.11 Å². The minimum Gasteiger partial charge on any atom is -0.481 e. The molecule has 3 rings (SSSR count). The number of nitrogens with one attached hydrogen (secondary N) is 2. The van der Waals surface area contributed by atoms with E-state index in [2.05, 4.69) is 10.6 Å². The van der Waals surface area contributed by atoms with Crippen molar-refractivity contribution in [2.45, 2.75) is 18.9 Å². The van der Waals surface area contributed by atoms with Crippen LogP contribution in [0.5, 0.6) is 0 Å². The van der Waals surface area contributed by atoms with Gasteiger partial charge in [-0.05, 0) is 23.6 Å². The summed E-state index contributed by atoms with van der Waals surface area (Å²) >= 11 is 0. The molecule has 1 aromatic rings. The molecule has 1 amide bonds. The summed E-state index contributed by atoms with van der Waals surface area (Å²) in [5.41, 5.74) is 2.91. The first kappa shape index (κ1) is 11.2. The lowest BCUT2D eigenvalue weighted by molar-refractivity contribution is -0.141. The first-order valence-corrected chi connectivity index (χ1v) is 6.02. The van der Waals surface area contributed by atoms with E-state index in [9.17, 15) is 9.59 Å². The number of carbonyl (C=O) groups excluding carboxylic acids is 1. The third kappa shape index (κ3) is 1.86. The molecule has 18 heavy (non-hydrogen) atoms. The van der Waals surface area contributed by atoms with E-state index < -0.39 is 5.97 Å². The van der Waals surface area contributed by atoms with Gasteiger partial charge in [0.25, 0.3) is 0 Å². The van der Waals surface area contributed by atoms with Crippen LogP contribution in [0.4, 0.5) is 5.69 Å². The Hall–Kier alpha value is -1.88. The van der Waals surface area contributed by atoms with Crippen LogP contribution >= 0.6 is 0 Å². The van der Waals surface area contributed by atoms with Crippen molar-refractivity contribution >= 4 is 17.6 Å². The quantitative estimate of drug-likeness (QED) is 0.725. The fourth-order valence-electron chi connectivity index (χ4n) is 2.63. The van der Waals surface area contributed by atoms with Gasteiger partial charge in [0.1, 0.15) is 0 Å². The van der Waals surface area contributed by atoms with Crippen LogP contribution in [0.1, 0.15) is 23.6 Å². The van der Waals surface area contributed by atoms with Gasteiger partial charge in [0.05, 0.1) is 12.3 Å². The van der Waals surface area contributed by atoms with E-state index in [0.717, 1.165) is 16.8 Å². The number of anilines is 1. The molecular formula is C13H14N2O3. The highest BCUT2D eigenvalue weighted by Gasteiger charge is 2.30. The maximum atomic E-state index is 11.3. The van der Waals surface area contributed by atoms with Crippen LogP contribution in [-0.4, -0.2) is 23.5 Å². The maximum absolute atomic E-state index is 11.3. The van der Waals surface area contributed by atoms with Crippen LogP contribution in [-0.2, 0) is 16.0 Å². The number of amides is 1. The van der Waals surface area contributed by atoms with Crippen LogP contribution < -0.4 is 10.6 Å². The van der Waals surface area contributed by atoms with Crippen LogP contribution in [0.25, 0.3) is 0 Å². The predicted molar refractivity (Wildman–Crippen MR) is 65.3 cm³/mol. The van der Waals surface area contributed by atoms with Gasteiger partial charge in [-0.15, -0.1) is 0 Å². The fourth-order valence-corrected chi connectivity index (χ4v) is 2.63. The van der Waals surface area contributed by atoms with Gasteiger partial charge in [0.15, 0.2) is 0 Å². The van der Waals surface area contributed by atoms with Crippen molar-refractivity contribution in [3.05, 3.63) is 29.3 Å². The molecule has 5 nitrogen and oxygen atoms in total. The zero-order valence-corrected chi connectivity index (χ0v) is 9.77. The summed E-state index contributed by atoms with van der Waals surface area (Å²) in [5, 5.41) is 15.0. The number of hydrogen-bond donors (Lipinski definition) is 3. The van der Waals surface area contributed by atoms with Crippen molar-refractivity contribution in [3.8, 4) is 0 Å². The predicted octanol–water partition coefficient (Wildman–Crippen LogP) is 0.916.